The molecule has 1 N–H and O–H groups in total. The fourth-order valence-corrected chi connectivity index (χ4v) is 8.66. The second-order valence-corrected chi connectivity index (χ2v) is 16.5. The molecule has 0 amide bonds. The van der Waals surface area contributed by atoms with Gasteiger partial charge in [-0.05, 0) is 61.0 Å². The summed E-state index contributed by atoms with van der Waals surface area (Å²) < 4.78 is 73.3. The predicted octanol–water partition coefficient (Wildman–Crippen LogP) is 8.90. The third-order valence-corrected chi connectivity index (χ3v) is 12.3. The molecule has 1 unspecified atom stereocenters. The zero-order valence-corrected chi connectivity index (χ0v) is 34.9. The first-order chi connectivity index (χ1) is 28.6. The summed E-state index contributed by atoms with van der Waals surface area (Å²) in [6.45, 7) is 8.74. The molecule has 1 aliphatic rings. The molecule has 0 spiro atoms. The molecule has 3 aromatic heterocycles. The van der Waals surface area contributed by atoms with Gasteiger partial charge in [-0.2, -0.15) is 18.3 Å². The van der Waals surface area contributed by atoms with Gasteiger partial charge < -0.3 is 24.2 Å². The summed E-state index contributed by atoms with van der Waals surface area (Å²) in [5, 5.41) is 15.4. The maximum atomic E-state index is 14.2. The number of aliphatic carboxylic acids is 1. The van der Waals surface area contributed by atoms with Crippen LogP contribution in [0.3, 0.4) is 0 Å². The SMILES string of the molecule is Cc1c(-c2c(-c3ccc(F)cc3)sc3ncnc(OC(C(=O)O)C(C)(C)c4ccccc4OCc4ccnn4CC(F)(F)F)c23)ccc(OCCN2CCN(C)CC2)c1Cl. The summed E-state index contributed by atoms with van der Waals surface area (Å²) in [4.78, 5) is 28.1. The van der Waals surface area contributed by atoms with Crippen LogP contribution in [0.2, 0.25) is 5.02 Å². The molecule has 1 saturated heterocycles. The maximum Gasteiger partial charge on any atom is 0.408 e. The molecule has 7 rings (SSSR count). The van der Waals surface area contributed by atoms with Crippen molar-refractivity contribution in [1.29, 1.82) is 0 Å². The lowest BCUT2D eigenvalue weighted by molar-refractivity contribution is -0.148. The summed E-state index contributed by atoms with van der Waals surface area (Å²) in [6.07, 6.45) is -3.52. The van der Waals surface area contributed by atoms with Crippen molar-refractivity contribution in [3.05, 3.63) is 107 Å². The molecular weight excluding hydrogens is 824 g/mol. The van der Waals surface area contributed by atoms with E-state index in [1.165, 1.54) is 42.1 Å². The first-order valence-electron chi connectivity index (χ1n) is 19.2. The summed E-state index contributed by atoms with van der Waals surface area (Å²) in [5.41, 5.74) is 1.95. The number of fused-ring (bicyclic) bond motifs is 1. The van der Waals surface area contributed by atoms with Gasteiger partial charge in [0.25, 0.3) is 0 Å². The number of carboxylic acids is 1. The summed E-state index contributed by atoms with van der Waals surface area (Å²) >= 11 is 8.34. The number of halogens is 5. The average molecular weight is 867 g/mol. The minimum Gasteiger partial charge on any atom is -0.491 e. The molecular formula is C43H43ClF4N6O5S. The van der Waals surface area contributed by atoms with Gasteiger partial charge in [0, 0.05) is 60.3 Å². The molecule has 11 nitrogen and oxygen atoms in total. The van der Waals surface area contributed by atoms with Gasteiger partial charge in [0.1, 0.15) is 48.2 Å². The highest BCUT2D eigenvalue weighted by Crippen LogP contribution is 2.50. The molecule has 1 fully saturated rings. The monoisotopic (exact) mass is 866 g/mol. The zero-order valence-electron chi connectivity index (χ0n) is 33.3. The van der Waals surface area contributed by atoms with E-state index in [1.807, 2.05) is 13.0 Å². The Hall–Kier alpha value is -5.29. The molecule has 17 heteroatoms. The lowest BCUT2D eigenvalue weighted by atomic mass is 9.78. The average Bonchev–Trinajstić information content (AvgIpc) is 3.82. The van der Waals surface area contributed by atoms with Crippen LogP contribution < -0.4 is 14.2 Å². The Bertz CT molecular complexity index is 2470. The van der Waals surface area contributed by atoms with Gasteiger partial charge in [-0.15, -0.1) is 11.3 Å². The molecule has 0 radical (unpaired) electrons. The fourth-order valence-electron chi connectivity index (χ4n) is 7.29. The van der Waals surface area contributed by atoms with Gasteiger partial charge in [0.15, 0.2) is 0 Å². The summed E-state index contributed by atoms with van der Waals surface area (Å²) in [5.74, 6) is -0.975. The highest BCUT2D eigenvalue weighted by atomic mass is 35.5. The number of hydrogen-bond acceptors (Lipinski definition) is 10. The molecule has 316 valence electrons. The second kappa shape index (κ2) is 17.7. The van der Waals surface area contributed by atoms with Gasteiger partial charge in [-0.25, -0.2) is 19.2 Å². The molecule has 0 aliphatic carbocycles. The standard InChI is InChI=1S/C43H43ClF4N6O5S/c1-26-30(13-14-33(36(26)44)57-22-21-53-19-17-52(4)18-20-53)34-35-39(49-25-50-40(35)60-37(34)27-9-11-28(45)12-10-27)59-38(41(55)56)42(2,3)31-7-5-6-8-32(31)58-23-29-15-16-51-54(29)24-43(46,47)48/h5-16,25,38H,17-24H2,1-4H3,(H,55,56). The van der Waals surface area contributed by atoms with Crippen molar-refractivity contribution in [2.45, 2.75) is 51.6 Å². The van der Waals surface area contributed by atoms with Crippen LogP contribution in [0.4, 0.5) is 17.6 Å². The van der Waals surface area contributed by atoms with E-state index >= 15 is 0 Å². The molecule has 6 aromatic rings. The highest BCUT2D eigenvalue weighted by molar-refractivity contribution is 7.22. The van der Waals surface area contributed by atoms with Gasteiger partial charge in [-0.3, -0.25) is 9.58 Å². The fraction of sp³-hybridized carbons (Fsp3) is 0.349. The maximum absolute atomic E-state index is 14.2. The van der Waals surface area contributed by atoms with E-state index in [-0.39, 0.29) is 23.9 Å². The number of ether oxygens (including phenoxy) is 3. The zero-order chi connectivity index (χ0) is 42.8. The number of hydrogen-bond donors (Lipinski definition) is 1. The first kappa shape index (κ1) is 42.8. The Morgan fingerprint density at radius 2 is 1.70 bits per heavy atom. The van der Waals surface area contributed by atoms with Crippen LogP contribution in [0.15, 0.2) is 79.3 Å². The van der Waals surface area contributed by atoms with E-state index in [4.69, 9.17) is 25.8 Å². The van der Waals surface area contributed by atoms with Crippen LogP contribution in [0, 0.1) is 12.7 Å². The Labute approximate surface area is 353 Å². The minimum atomic E-state index is -4.49. The van der Waals surface area contributed by atoms with E-state index in [9.17, 15) is 27.5 Å². The van der Waals surface area contributed by atoms with Crippen LogP contribution in [0.25, 0.3) is 31.8 Å². The smallest absolute Gasteiger partial charge is 0.408 e. The van der Waals surface area contributed by atoms with Crippen LogP contribution in [0.5, 0.6) is 17.4 Å². The molecule has 1 atom stereocenters. The van der Waals surface area contributed by atoms with E-state index in [1.54, 1.807) is 56.3 Å². The van der Waals surface area contributed by atoms with Crippen molar-refractivity contribution in [3.8, 4) is 38.9 Å². The number of rotatable bonds is 15. The Balaban J connectivity index is 1.24. The molecule has 0 saturated carbocycles. The number of piperazine rings is 1. The number of thiophene rings is 1. The molecule has 0 bridgehead atoms. The summed E-state index contributed by atoms with van der Waals surface area (Å²) in [7, 11) is 2.11. The summed E-state index contributed by atoms with van der Waals surface area (Å²) in [6, 6.07) is 17.8. The van der Waals surface area contributed by atoms with E-state index in [2.05, 4.69) is 31.9 Å². The number of likely N-dealkylation sites (N-methyl/N-ethyl adjacent to an activating group) is 1. The van der Waals surface area contributed by atoms with Gasteiger partial charge in [0.05, 0.1) is 16.1 Å². The third-order valence-electron chi connectivity index (χ3n) is 10.6. The van der Waals surface area contributed by atoms with Crippen molar-refractivity contribution in [2.24, 2.45) is 0 Å². The van der Waals surface area contributed by atoms with E-state index < -0.39 is 36.0 Å². The number of alkyl halides is 3. The van der Waals surface area contributed by atoms with E-state index in [0.29, 0.717) is 60.3 Å². The number of carboxylic acid groups (broad SMARTS) is 1. The highest BCUT2D eigenvalue weighted by Gasteiger charge is 2.42. The number of aromatic nitrogens is 4. The Morgan fingerprint density at radius 3 is 2.42 bits per heavy atom. The molecule has 3 aromatic carbocycles. The number of carbonyl (C=O) groups is 1. The molecule has 60 heavy (non-hydrogen) atoms. The van der Waals surface area contributed by atoms with Crippen molar-refractivity contribution in [2.75, 3.05) is 46.4 Å². The normalized spacial score (nSPS) is 14.7. The largest absolute Gasteiger partial charge is 0.491 e. The first-order valence-corrected chi connectivity index (χ1v) is 20.4. The van der Waals surface area contributed by atoms with Crippen molar-refractivity contribution < 1.29 is 41.7 Å². The third kappa shape index (κ3) is 9.36. The number of nitrogens with zero attached hydrogens (tertiary/aromatic N) is 6. The van der Waals surface area contributed by atoms with Crippen molar-refractivity contribution >= 4 is 39.1 Å². The topological polar surface area (TPSA) is 115 Å². The van der Waals surface area contributed by atoms with Crippen LogP contribution in [0.1, 0.15) is 30.7 Å². The van der Waals surface area contributed by atoms with Crippen LogP contribution >= 0.6 is 22.9 Å². The number of benzene rings is 3. The lowest BCUT2D eigenvalue weighted by Crippen LogP contribution is -2.45. The van der Waals surface area contributed by atoms with Gasteiger partial charge in [0.2, 0.25) is 12.0 Å². The predicted molar refractivity (Wildman–Crippen MR) is 222 cm³/mol. The lowest BCUT2D eigenvalue weighted by Gasteiger charge is -2.33. The van der Waals surface area contributed by atoms with Gasteiger partial charge >= 0.3 is 12.1 Å². The molecule has 1 aliphatic heterocycles. The van der Waals surface area contributed by atoms with E-state index in [0.717, 1.165) is 37.4 Å². The van der Waals surface area contributed by atoms with Crippen LogP contribution in [-0.2, 0) is 23.4 Å². The van der Waals surface area contributed by atoms with Gasteiger partial charge in [-0.1, -0.05) is 61.8 Å². The van der Waals surface area contributed by atoms with Crippen molar-refractivity contribution in [3.63, 3.8) is 0 Å². The van der Waals surface area contributed by atoms with Crippen molar-refractivity contribution in [1.82, 2.24) is 29.5 Å². The quantitative estimate of drug-likeness (QED) is 0.100. The molecule has 4 heterocycles. The Morgan fingerprint density at radius 1 is 0.967 bits per heavy atom. The Kier molecular flexibility index (Phi) is 12.7. The minimum absolute atomic E-state index is 0.0161. The van der Waals surface area contributed by atoms with Crippen LogP contribution in [-0.4, -0.2) is 99.3 Å². The number of para-hydroxylation sites is 1. The second-order valence-electron chi connectivity index (χ2n) is 15.2.